The zero-order chi connectivity index (χ0) is 18.1. The number of carbonyl (C=O) groups is 1. The van der Waals surface area contributed by atoms with E-state index in [0.717, 1.165) is 12.0 Å². The highest BCUT2D eigenvalue weighted by atomic mass is 35.5. The Balaban J connectivity index is 1.72. The summed E-state index contributed by atoms with van der Waals surface area (Å²) >= 11 is 5.95. The monoisotopic (exact) mass is 362 g/mol. The molecule has 132 valence electrons. The fourth-order valence-electron chi connectivity index (χ4n) is 2.14. The molecule has 2 aromatic rings. The van der Waals surface area contributed by atoms with Crippen molar-refractivity contribution in [2.24, 2.45) is 4.99 Å². The van der Waals surface area contributed by atoms with Crippen molar-refractivity contribution in [3.63, 3.8) is 0 Å². The second-order valence-corrected chi connectivity index (χ2v) is 5.72. The standard InChI is InChI=1S/C18H20ClFN4O/c1-21-18(22-10-9-13-3-2-4-14(19)11-13)23-12-17(25)24-16-7-5-15(20)6-8-16/h2-8,11H,9-10,12H2,1H3,(H,24,25)(H2,21,22,23). The Hall–Kier alpha value is -2.60. The van der Waals surface area contributed by atoms with E-state index < -0.39 is 0 Å². The van der Waals surface area contributed by atoms with Crippen molar-refractivity contribution in [1.29, 1.82) is 0 Å². The van der Waals surface area contributed by atoms with Crippen LogP contribution < -0.4 is 16.0 Å². The molecule has 0 saturated carbocycles. The quantitative estimate of drug-likeness (QED) is 0.547. The number of rotatable bonds is 6. The summed E-state index contributed by atoms with van der Waals surface area (Å²) in [4.78, 5) is 16.0. The summed E-state index contributed by atoms with van der Waals surface area (Å²) in [5, 5.41) is 9.43. The molecular weight excluding hydrogens is 343 g/mol. The molecule has 2 rings (SSSR count). The predicted octanol–water partition coefficient (Wildman–Crippen LogP) is 2.83. The molecule has 0 fully saturated rings. The smallest absolute Gasteiger partial charge is 0.243 e. The Kier molecular flexibility index (Phi) is 7.22. The van der Waals surface area contributed by atoms with Crippen LogP contribution in [0.2, 0.25) is 5.02 Å². The van der Waals surface area contributed by atoms with Gasteiger partial charge in [-0.2, -0.15) is 0 Å². The summed E-state index contributed by atoms with van der Waals surface area (Å²) in [5.41, 5.74) is 1.65. The fourth-order valence-corrected chi connectivity index (χ4v) is 2.35. The van der Waals surface area contributed by atoms with Gasteiger partial charge in [0.05, 0.1) is 6.54 Å². The number of halogens is 2. The molecule has 0 aliphatic carbocycles. The molecule has 0 spiro atoms. The topological polar surface area (TPSA) is 65.5 Å². The van der Waals surface area contributed by atoms with Crippen LogP contribution in [0.1, 0.15) is 5.56 Å². The Morgan fingerprint density at radius 1 is 1.16 bits per heavy atom. The van der Waals surface area contributed by atoms with E-state index in [2.05, 4.69) is 20.9 Å². The van der Waals surface area contributed by atoms with E-state index in [9.17, 15) is 9.18 Å². The molecule has 0 atom stereocenters. The Morgan fingerprint density at radius 3 is 2.60 bits per heavy atom. The van der Waals surface area contributed by atoms with E-state index in [-0.39, 0.29) is 18.3 Å². The number of carbonyl (C=O) groups excluding carboxylic acids is 1. The van der Waals surface area contributed by atoms with Gasteiger partial charge in [-0.25, -0.2) is 4.39 Å². The van der Waals surface area contributed by atoms with E-state index in [4.69, 9.17) is 11.6 Å². The van der Waals surface area contributed by atoms with Gasteiger partial charge in [0.15, 0.2) is 5.96 Å². The number of aliphatic imine (C=N–C) groups is 1. The van der Waals surface area contributed by atoms with Crippen LogP contribution >= 0.6 is 11.6 Å². The summed E-state index contributed by atoms with van der Waals surface area (Å²) in [5.74, 6) is -0.0684. The highest BCUT2D eigenvalue weighted by Gasteiger charge is 2.04. The molecule has 7 heteroatoms. The Bertz CT molecular complexity index is 734. The molecule has 5 nitrogen and oxygen atoms in total. The minimum Gasteiger partial charge on any atom is -0.356 e. The first-order valence-electron chi connectivity index (χ1n) is 7.81. The van der Waals surface area contributed by atoms with Gasteiger partial charge in [-0.1, -0.05) is 23.7 Å². The number of nitrogens with one attached hydrogen (secondary N) is 3. The van der Waals surface area contributed by atoms with Gasteiger partial charge in [0.1, 0.15) is 5.82 Å². The van der Waals surface area contributed by atoms with E-state index in [1.807, 2.05) is 24.3 Å². The van der Waals surface area contributed by atoms with Crippen LogP contribution in [-0.2, 0) is 11.2 Å². The molecular formula is C18H20ClFN4O. The summed E-state index contributed by atoms with van der Waals surface area (Å²) in [6, 6.07) is 13.2. The van der Waals surface area contributed by atoms with Crippen LogP contribution in [0, 0.1) is 5.82 Å². The summed E-state index contributed by atoms with van der Waals surface area (Å²) < 4.78 is 12.8. The molecule has 0 saturated heterocycles. The van der Waals surface area contributed by atoms with Gasteiger partial charge in [0.25, 0.3) is 0 Å². The summed E-state index contributed by atoms with van der Waals surface area (Å²) in [7, 11) is 1.63. The van der Waals surface area contributed by atoms with E-state index in [1.165, 1.54) is 24.3 Å². The SMILES string of the molecule is CN=C(NCCc1cccc(Cl)c1)NCC(=O)Nc1ccc(F)cc1. The van der Waals surface area contributed by atoms with Gasteiger partial charge < -0.3 is 16.0 Å². The van der Waals surface area contributed by atoms with Crippen molar-refractivity contribution in [3.05, 3.63) is 64.9 Å². The maximum absolute atomic E-state index is 12.8. The molecule has 0 unspecified atom stereocenters. The minimum absolute atomic E-state index is 0.0498. The molecule has 0 heterocycles. The van der Waals surface area contributed by atoms with Crippen LogP contribution in [0.25, 0.3) is 0 Å². The number of hydrogen-bond donors (Lipinski definition) is 3. The third-order valence-corrected chi connectivity index (χ3v) is 3.60. The second-order valence-electron chi connectivity index (χ2n) is 5.29. The number of amides is 1. The number of nitrogens with zero attached hydrogens (tertiary/aromatic N) is 1. The third kappa shape index (κ3) is 6.81. The lowest BCUT2D eigenvalue weighted by Crippen LogP contribution is -2.42. The van der Waals surface area contributed by atoms with Gasteiger partial charge in [0.2, 0.25) is 5.91 Å². The largest absolute Gasteiger partial charge is 0.356 e. The van der Waals surface area contributed by atoms with Crippen molar-refractivity contribution in [2.75, 3.05) is 25.5 Å². The fraction of sp³-hybridized carbons (Fsp3) is 0.222. The Morgan fingerprint density at radius 2 is 1.92 bits per heavy atom. The van der Waals surface area contributed by atoms with Crippen LogP contribution in [0.3, 0.4) is 0 Å². The molecule has 3 N–H and O–H groups in total. The van der Waals surface area contributed by atoms with Crippen LogP contribution in [0.15, 0.2) is 53.5 Å². The summed E-state index contributed by atoms with van der Waals surface area (Å²) in [6.45, 7) is 0.702. The zero-order valence-corrected chi connectivity index (χ0v) is 14.6. The maximum atomic E-state index is 12.8. The predicted molar refractivity (Wildman–Crippen MR) is 99.6 cm³/mol. The number of anilines is 1. The van der Waals surface area contributed by atoms with E-state index in [0.29, 0.717) is 23.2 Å². The number of hydrogen-bond acceptors (Lipinski definition) is 2. The van der Waals surface area contributed by atoms with Gasteiger partial charge in [-0.3, -0.25) is 9.79 Å². The lowest BCUT2D eigenvalue weighted by molar-refractivity contribution is -0.115. The van der Waals surface area contributed by atoms with Crippen molar-refractivity contribution in [1.82, 2.24) is 10.6 Å². The number of benzene rings is 2. The maximum Gasteiger partial charge on any atom is 0.243 e. The summed E-state index contributed by atoms with van der Waals surface area (Å²) in [6.07, 6.45) is 0.781. The van der Waals surface area contributed by atoms with Crippen LogP contribution in [0.5, 0.6) is 0 Å². The molecule has 25 heavy (non-hydrogen) atoms. The lowest BCUT2D eigenvalue weighted by atomic mass is 10.1. The average Bonchev–Trinajstić information content (AvgIpc) is 2.60. The molecule has 2 aromatic carbocycles. The van der Waals surface area contributed by atoms with Gasteiger partial charge in [-0.15, -0.1) is 0 Å². The molecule has 0 aliphatic heterocycles. The van der Waals surface area contributed by atoms with Gasteiger partial charge >= 0.3 is 0 Å². The molecule has 0 aliphatic rings. The molecule has 1 amide bonds. The molecule has 0 bridgehead atoms. The average molecular weight is 363 g/mol. The first kappa shape index (κ1) is 18.7. The van der Waals surface area contributed by atoms with Crippen molar-refractivity contribution >= 4 is 29.2 Å². The highest BCUT2D eigenvalue weighted by Crippen LogP contribution is 2.10. The van der Waals surface area contributed by atoms with Crippen LogP contribution in [0.4, 0.5) is 10.1 Å². The van der Waals surface area contributed by atoms with Crippen molar-refractivity contribution in [3.8, 4) is 0 Å². The normalized spacial score (nSPS) is 11.1. The zero-order valence-electron chi connectivity index (χ0n) is 13.9. The van der Waals surface area contributed by atoms with Crippen molar-refractivity contribution < 1.29 is 9.18 Å². The Labute approximate surface area is 151 Å². The third-order valence-electron chi connectivity index (χ3n) is 3.36. The highest BCUT2D eigenvalue weighted by molar-refractivity contribution is 6.30. The van der Waals surface area contributed by atoms with Gasteiger partial charge in [0, 0.05) is 24.3 Å². The second kappa shape index (κ2) is 9.64. The first-order valence-corrected chi connectivity index (χ1v) is 8.19. The van der Waals surface area contributed by atoms with E-state index in [1.54, 1.807) is 7.05 Å². The lowest BCUT2D eigenvalue weighted by Gasteiger charge is -2.12. The van der Waals surface area contributed by atoms with Crippen LogP contribution in [-0.4, -0.2) is 32.0 Å². The molecule has 0 aromatic heterocycles. The van der Waals surface area contributed by atoms with Crippen molar-refractivity contribution in [2.45, 2.75) is 6.42 Å². The number of guanidine groups is 1. The minimum atomic E-state index is -0.347. The first-order chi connectivity index (χ1) is 12.1. The molecule has 0 radical (unpaired) electrons. The van der Waals surface area contributed by atoms with Gasteiger partial charge in [-0.05, 0) is 48.4 Å². The van der Waals surface area contributed by atoms with E-state index >= 15 is 0 Å².